The number of benzene rings is 2. The molecule has 2 aromatic carbocycles. The smallest absolute Gasteiger partial charge is 0.272 e. The predicted octanol–water partition coefficient (Wildman–Crippen LogP) is 5.20. The van der Waals surface area contributed by atoms with Crippen molar-refractivity contribution in [3.63, 3.8) is 0 Å². The molecule has 1 saturated heterocycles. The molecule has 9 nitrogen and oxygen atoms in total. The minimum absolute atomic E-state index is 0.00758. The van der Waals surface area contributed by atoms with Crippen LogP contribution in [-0.4, -0.2) is 60.8 Å². The number of carbonyl (C=O) groups is 2. The highest BCUT2D eigenvalue weighted by molar-refractivity contribution is 5.93. The van der Waals surface area contributed by atoms with Crippen LogP contribution in [0.5, 0.6) is 0 Å². The van der Waals surface area contributed by atoms with E-state index in [0.29, 0.717) is 30.3 Å². The number of nitrogens with zero attached hydrogens (tertiary/aromatic N) is 4. The second-order valence-electron chi connectivity index (χ2n) is 11.3. The van der Waals surface area contributed by atoms with Gasteiger partial charge in [-0.15, -0.1) is 0 Å². The van der Waals surface area contributed by atoms with Gasteiger partial charge in [0, 0.05) is 31.0 Å². The summed E-state index contributed by atoms with van der Waals surface area (Å²) in [6.07, 6.45) is 5.27. The number of fused-ring (bicyclic) bond motifs is 2. The molecule has 2 aliphatic rings. The van der Waals surface area contributed by atoms with E-state index in [1.54, 1.807) is 6.07 Å². The molecule has 208 valence electrons. The molecular weight excluding hydrogens is 514 g/mol. The lowest BCUT2D eigenvalue weighted by Gasteiger charge is -2.34. The summed E-state index contributed by atoms with van der Waals surface area (Å²) in [5.41, 5.74) is 4.87. The van der Waals surface area contributed by atoms with Crippen LogP contribution in [0.1, 0.15) is 60.8 Å². The van der Waals surface area contributed by atoms with Crippen molar-refractivity contribution in [3.8, 4) is 11.5 Å². The lowest BCUT2D eigenvalue weighted by molar-refractivity contribution is -0.127. The zero-order valence-corrected chi connectivity index (χ0v) is 22.8. The van der Waals surface area contributed by atoms with Crippen LogP contribution >= 0.6 is 0 Å². The molecule has 7 rings (SSSR count). The topological polar surface area (TPSA) is 120 Å². The fourth-order valence-corrected chi connectivity index (χ4v) is 6.31. The Morgan fingerprint density at radius 3 is 2.27 bits per heavy atom. The standard InChI is InChI=1S/C32H33N7O2/c40-31(21-8-5-7-20(19-21)29-35-23-9-1-2-10-24(23)36-29)33-22-15-17-39(18-16-22)32(41)28-14-6-13-27(34-28)30-37-25-11-3-4-12-26(25)38-30/h1-4,6,9-14,20-22H,5,7-8,15-19H2,(H,33,40)(H,35,36)(H,37,38). The van der Waals surface area contributed by atoms with Crippen LogP contribution in [0.4, 0.5) is 0 Å². The number of amides is 2. The number of H-pyrrole nitrogens is 2. The summed E-state index contributed by atoms with van der Waals surface area (Å²) < 4.78 is 0. The molecule has 2 amide bonds. The van der Waals surface area contributed by atoms with E-state index in [9.17, 15) is 9.59 Å². The fourth-order valence-electron chi connectivity index (χ4n) is 6.31. The number of nitrogens with one attached hydrogen (secondary N) is 3. The Bertz CT molecular complexity index is 1650. The highest BCUT2D eigenvalue weighted by Crippen LogP contribution is 2.36. The first-order valence-electron chi connectivity index (χ1n) is 14.6. The van der Waals surface area contributed by atoms with E-state index in [4.69, 9.17) is 4.98 Å². The molecule has 3 N–H and O–H groups in total. The molecule has 1 aliphatic carbocycles. The van der Waals surface area contributed by atoms with Gasteiger partial charge in [0.15, 0.2) is 5.82 Å². The van der Waals surface area contributed by atoms with Gasteiger partial charge in [-0.2, -0.15) is 0 Å². The number of hydrogen-bond donors (Lipinski definition) is 3. The number of imidazole rings is 2. The normalized spacial score (nSPS) is 20.0. The number of carbonyl (C=O) groups excluding carboxylic acids is 2. The Balaban J connectivity index is 0.944. The van der Waals surface area contributed by atoms with E-state index >= 15 is 0 Å². The first kappa shape index (κ1) is 25.4. The summed E-state index contributed by atoms with van der Waals surface area (Å²) in [6.45, 7) is 1.18. The van der Waals surface area contributed by atoms with E-state index < -0.39 is 0 Å². The number of aromatic amines is 2. The molecule has 2 atom stereocenters. The molecule has 4 heterocycles. The first-order valence-corrected chi connectivity index (χ1v) is 14.6. The Kier molecular flexibility index (Phi) is 6.70. The third kappa shape index (κ3) is 5.19. The minimum Gasteiger partial charge on any atom is -0.353 e. The van der Waals surface area contributed by atoms with Crippen LogP contribution in [0, 0.1) is 5.92 Å². The summed E-state index contributed by atoms with van der Waals surface area (Å²) in [7, 11) is 0. The van der Waals surface area contributed by atoms with Crippen LogP contribution in [0.15, 0.2) is 66.7 Å². The Hall–Kier alpha value is -4.53. The second-order valence-corrected chi connectivity index (χ2v) is 11.3. The monoisotopic (exact) mass is 547 g/mol. The van der Waals surface area contributed by atoms with Crippen molar-refractivity contribution >= 4 is 33.9 Å². The molecule has 2 unspecified atom stereocenters. The molecule has 0 spiro atoms. The maximum atomic E-state index is 13.3. The Morgan fingerprint density at radius 2 is 1.51 bits per heavy atom. The molecule has 9 heteroatoms. The summed E-state index contributed by atoms with van der Waals surface area (Å²) >= 11 is 0. The molecule has 2 fully saturated rings. The molecule has 1 aliphatic heterocycles. The Morgan fingerprint density at radius 1 is 0.780 bits per heavy atom. The summed E-state index contributed by atoms with van der Waals surface area (Å²) in [5.74, 6) is 1.95. The van der Waals surface area contributed by atoms with E-state index in [2.05, 4.69) is 25.3 Å². The summed E-state index contributed by atoms with van der Waals surface area (Å²) in [5, 5.41) is 3.29. The van der Waals surface area contributed by atoms with Crippen molar-refractivity contribution in [1.29, 1.82) is 0 Å². The largest absolute Gasteiger partial charge is 0.353 e. The van der Waals surface area contributed by atoms with Crippen molar-refractivity contribution in [2.45, 2.75) is 50.5 Å². The number of piperidine rings is 1. The highest BCUT2D eigenvalue weighted by Gasteiger charge is 2.32. The highest BCUT2D eigenvalue weighted by atomic mass is 16.2. The number of hydrogen-bond acceptors (Lipinski definition) is 5. The van der Waals surface area contributed by atoms with Gasteiger partial charge in [0.2, 0.25) is 5.91 Å². The van der Waals surface area contributed by atoms with E-state index in [-0.39, 0.29) is 29.7 Å². The van der Waals surface area contributed by atoms with Crippen molar-refractivity contribution in [1.82, 2.24) is 35.1 Å². The molecule has 5 aromatic rings. The first-order chi connectivity index (χ1) is 20.1. The van der Waals surface area contributed by atoms with Gasteiger partial charge in [-0.05, 0) is 68.5 Å². The average Bonchev–Trinajstić information content (AvgIpc) is 3.66. The van der Waals surface area contributed by atoms with Crippen LogP contribution in [-0.2, 0) is 4.79 Å². The van der Waals surface area contributed by atoms with Gasteiger partial charge in [-0.1, -0.05) is 36.8 Å². The van der Waals surface area contributed by atoms with Crippen LogP contribution in [0.3, 0.4) is 0 Å². The zero-order valence-electron chi connectivity index (χ0n) is 22.8. The molecule has 1 saturated carbocycles. The quantitative estimate of drug-likeness (QED) is 0.280. The number of rotatable bonds is 5. The number of likely N-dealkylation sites (tertiary alicyclic amines) is 1. The lowest BCUT2D eigenvalue weighted by Crippen LogP contribution is -2.48. The Labute approximate surface area is 237 Å². The van der Waals surface area contributed by atoms with Gasteiger partial charge in [-0.3, -0.25) is 9.59 Å². The fraction of sp³-hybridized carbons (Fsp3) is 0.344. The SMILES string of the molecule is O=C(NC1CCN(C(=O)c2cccc(-c3nc4ccccc4[nH]3)n2)CC1)C1CCCC(c2nc3ccccc3[nH]2)C1. The van der Waals surface area contributed by atoms with Crippen molar-refractivity contribution in [2.75, 3.05) is 13.1 Å². The molecule has 41 heavy (non-hydrogen) atoms. The second kappa shape index (κ2) is 10.8. The predicted molar refractivity (Wildman–Crippen MR) is 157 cm³/mol. The molecule has 3 aromatic heterocycles. The number of para-hydroxylation sites is 4. The van der Waals surface area contributed by atoms with Crippen LogP contribution in [0.2, 0.25) is 0 Å². The van der Waals surface area contributed by atoms with E-state index in [0.717, 1.165) is 66.4 Å². The molecule has 0 radical (unpaired) electrons. The number of aromatic nitrogens is 5. The van der Waals surface area contributed by atoms with Gasteiger partial charge < -0.3 is 20.2 Å². The molecular formula is C32H33N7O2. The van der Waals surface area contributed by atoms with Gasteiger partial charge in [0.1, 0.15) is 17.2 Å². The summed E-state index contributed by atoms with van der Waals surface area (Å²) in [6, 6.07) is 21.4. The third-order valence-corrected chi connectivity index (χ3v) is 8.57. The van der Waals surface area contributed by atoms with E-state index in [1.165, 1.54) is 0 Å². The zero-order chi connectivity index (χ0) is 27.8. The van der Waals surface area contributed by atoms with Crippen molar-refractivity contribution < 1.29 is 9.59 Å². The third-order valence-electron chi connectivity index (χ3n) is 8.57. The van der Waals surface area contributed by atoms with Gasteiger partial charge in [0.25, 0.3) is 5.91 Å². The maximum Gasteiger partial charge on any atom is 0.272 e. The van der Waals surface area contributed by atoms with Gasteiger partial charge in [0.05, 0.1) is 22.1 Å². The van der Waals surface area contributed by atoms with Gasteiger partial charge in [-0.25, -0.2) is 15.0 Å². The van der Waals surface area contributed by atoms with Gasteiger partial charge >= 0.3 is 0 Å². The van der Waals surface area contributed by atoms with E-state index in [1.807, 2.05) is 65.6 Å². The molecule has 0 bridgehead atoms. The number of pyridine rings is 1. The lowest BCUT2D eigenvalue weighted by atomic mass is 9.80. The van der Waals surface area contributed by atoms with Crippen LogP contribution in [0.25, 0.3) is 33.6 Å². The summed E-state index contributed by atoms with van der Waals surface area (Å²) in [4.78, 5) is 49.2. The van der Waals surface area contributed by atoms with Crippen molar-refractivity contribution in [2.24, 2.45) is 5.92 Å². The van der Waals surface area contributed by atoms with Crippen molar-refractivity contribution in [3.05, 3.63) is 78.2 Å². The minimum atomic E-state index is -0.0892. The maximum absolute atomic E-state index is 13.3. The van der Waals surface area contributed by atoms with Crippen LogP contribution < -0.4 is 5.32 Å². The average molecular weight is 548 g/mol.